The van der Waals surface area contributed by atoms with E-state index >= 15 is 0 Å². The molecule has 0 atom stereocenters. The van der Waals surface area contributed by atoms with Crippen molar-refractivity contribution in [3.8, 4) is 0 Å². The third kappa shape index (κ3) is 1.77. The molecular formula is C13H20. The maximum Gasteiger partial charge on any atom is -0.0219 e. The molecule has 72 valence electrons. The van der Waals surface area contributed by atoms with Crippen molar-refractivity contribution in [1.82, 2.24) is 0 Å². The Morgan fingerprint density at radius 2 is 1.62 bits per heavy atom. The number of hydrogen-bond donors (Lipinski definition) is 0. The molecule has 0 saturated carbocycles. The largest absolute Gasteiger partial charge is 0.0776 e. The number of rotatable bonds is 1. The zero-order valence-electron chi connectivity index (χ0n) is 7.93. The molecule has 2 rings (SSSR count). The Labute approximate surface area is 82.0 Å². The fourth-order valence-electron chi connectivity index (χ4n) is 2.13. The van der Waals surface area contributed by atoms with Gasteiger partial charge in [-0.25, -0.2) is 0 Å². The Hall–Kier alpha value is -0.780. The molecule has 0 aliphatic heterocycles. The first-order valence-electron chi connectivity index (χ1n) is 4.80. The Kier molecular flexibility index (Phi) is 2.80. The summed E-state index contributed by atoms with van der Waals surface area (Å²) >= 11 is 0. The van der Waals surface area contributed by atoms with Crippen LogP contribution in [0, 0.1) is 5.41 Å². The first-order chi connectivity index (χ1) is 5.73. The van der Waals surface area contributed by atoms with Crippen LogP contribution in [0.15, 0.2) is 24.3 Å². The highest BCUT2D eigenvalue weighted by Gasteiger charge is 2.30. The number of fused-ring (bicyclic) bond motifs is 1. The summed E-state index contributed by atoms with van der Waals surface area (Å²) in [5.74, 6) is 0. The molecule has 0 unspecified atom stereocenters. The van der Waals surface area contributed by atoms with Gasteiger partial charge in [-0.3, -0.25) is 0 Å². The van der Waals surface area contributed by atoms with Crippen molar-refractivity contribution in [2.24, 2.45) is 5.41 Å². The predicted octanol–water partition coefficient (Wildman–Crippen LogP) is 3.84. The molecule has 1 aromatic rings. The summed E-state index contributed by atoms with van der Waals surface area (Å²) in [7, 11) is 0. The topological polar surface area (TPSA) is 0 Å². The van der Waals surface area contributed by atoms with Crippen LogP contribution in [0.25, 0.3) is 0 Å². The van der Waals surface area contributed by atoms with Gasteiger partial charge in [-0.2, -0.15) is 0 Å². The molecule has 0 spiro atoms. The van der Waals surface area contributed by atoms with Gasteiger partial charge < -0.3 is 0 Å². The summed E-state index contributed by atoms with van der Waals surface area (Å²) in [6, 6.07) is 8.85. The molecule has 0 nitrogen and oxygen atoms in total. The molecule has 0 amide bonds. The molecule has 0 bridgehead atoms. The highest BCUT2D eigenvalue weighted by atomic mass is 14.3. The second-order valence-corrected chi connectivity index (χ2v) is 4.29. The molecule has 0 radical (unpaired) electrons. The summed E-state index contributed by atoms with van der Waals surface area (Å²) in [5.41, 5.74) is 3.69. The smallest absolute Gasteiger partial charge is 0.0219 e. The monoisotopic (exact) mass is 176 g/mol. The van der Waals surface area contributed by atoms with Crippen molar-refractivity contribution in [1.29, 1.82) is 0 Å². The molecule has 0 heteroatoms. The Balaban J connectivity index is 0.000000845. The van der Waals surface area contributed by atoms with Gasteiger partial charge in [-0.1, -0.05) is 52.0 Å². The SMILES string of the molecule is C.CCC1(C)Cc2ccccc2C1. The highest BCUT2D eigenvalue weighted by molar-refractivity contribution is 5.33. The van der Waals surface area contributed by atoms with E-state index in [1.54, 1.807) is 11.1 Å². The maximum atomic E-state index is 2.40. The average Bonchev–Trinajstić information content (AvgIpc) is 2.42. The van der Waals surface area contributed by atoms with Crippen LogP contribution in [0.4, 0.5) is 0 Å². The van der Waals surface area contributed by atoms with Gasteiger partial charge in [0.25, 0.3) is 0 Å². The van der Waals surface area contributed by atoms with Gasteiger partial charge in [0, 0.05) is 0 Å². The molecule has 0 fully saturated rings. The third-order valence-electron chi connectivity index (χ3n) is 3.21. The Morgan fingerprint density at radius 3 is 2.00 bits per heavy atom. The molecule has 0 saturated heterocycles. The summed E-state index contributed by atoms with van der Waals surface area (Å²) < 4.78 is 0. The third-order valence-corrected chi connectivity index (χ3v) is 3.21. The Bertz CT molecular complexity index is 261. The predicted molar refractivity (Wildman–Crippen MR) is 59.0 cm³/mol. The first-order valence-corrected chi connectivity index (χ1v) is 4.80. The van der Waals surface area contributed by atoms with Gasteiger partial charge in [0.05, 0.1) is 0 Å². The lowest BCUT2D eigenvalue weighted by Crippen LogP contribution is -2.14. The van der Waals surface area contributed by atoms with Crippen LogP contribution in [0.3, 0.4) is 0 Å². The Morgan fingerprint density at radius 1 is 1.15 bits per heavy atom. The molecular weight excluding hydrogens is 156 g/mol. The van der Waals surface area contributed by atoms with Crippen molar-refractivity contribution < 1.29 is 0 Å². The lowest BCUT2D eigenvalue weighted by molar-refractivity contribution is 0.332. The highest BCUT2D eigenvalue weighted by Crippen LogP contribution is 2.38. The molecule has 0 N–H and O–H groups in total. The van der Waals surface area contributed by atoms with Crippen LogP contribution in [-0.4, -0.2) is 0 Å². The summed E-state index contributed by atoms with van der Waals surface area (Å²) in [4.78, 5) is 0. The minimum absolute atomic E-state index is 0. The lowest BCUT2D eigenvalue weighted by atomic mass is 9.85. The zero-order chi connectivity index (χ0) is 8.60. The lowest BCUT2D eigenvalue weighted by Gasteiger charge is -2.20. The van der Waals surface area contributed by atoms with E-state index < -0.39 is 0 Å². The van der Waals surface area contributed by atoms with Gasteiger partial charge in [-0.15, -0.1) is 0 Å². The van der Waals surface area contributed by atoms with E-state index in [0.29, 0.717) is 5.41 Å². The molecule has 0 heterocycles. The first kappa shape index (κ1) is 10.3. The summed E-state index contributed by atoms with van der Waals surface area (Å²) in [6.45, 7) is 4.69. The van der Waals surface area contributed by atoms with Crippen LogP contribution < -0.4 is 0 Å². The van der Waals surface area contributed by atoms with Gasteiger partial charge in [-0.05, 0) is 29.4 Å². The van der Waals surface area contributed by atoms with Crippen LogP contribution >= 0.6 is 0 Å². The van der Waals surface area contributed by atoms with Crippen molar-refractivity contribution in [3.63, 3.8) is 0 Å². The van der Waals surface area contributed by atoms with Crippen LogP contribution in [0.5, 0.6) is 0 Å². The van der Waals surface area contributed by atoms with E-state index in [1.807, 2.05) is 0 Å². The summed E-state index contributed by atoms with van der Waals surface area (Å²) in [6.07, 6.45) is 3.85. The molecule has 13 heavy (non-hydrogen) atoms. The normalized spacial score (nSPS) is 17.7. The minimum atomic E-state index is 0. The minimum Gasteiger partial charge on any atom is -0.0776 e. The van der Waals surface area contributed by atoms with E-state index in [0.717, 1.165) is 0 Å². The number of benzene rings is 1. The van der Waals surface area contributed by atoms with Crippen molar-refractivity contribution >= 4 is 0 Å². The molecule has 1 aromatic carbocycles. The van der Waals surface area contributed by atoms with Crippen LogP contribution in [0.2, 0.25) is 0 Å². The fourth-order valence-corrected chi connectivity index (χ4v) is 2.13. The molecule has 0 aromatic heterocycles. The maximum absolute atomic E-state index is 2.40. The second kappa shape index (κ2) is 3.53. The fraction of sp³-hybridized carbons (Fsp3) is 0.538. The quantitative estimate of drug-likeness (QED) is 0.610. The zero-order valence-corrected chi connectivity index (χ0v) is 7.93. The van der Waals surface area contributed by atoms with E-state index in [9.17, 15) is 0 Å². The van der Waals surface area contributed by atoms with E-state index in [4.69, 9.17) is 0 Å². The van der Waals surface area contributed by atoms with Crippen molar-refractivity contribution in [2.75, 3.05) is 0 Å². The number of hydrogen-bond acceptors (Lipinski definition) is 0. The standard InChI is InChI=1S/C12H16.CH4/c1-3-12(2)8-10-6-4-5-7-11(10)9-12;/h4-7H,3,8-9H2,1-2H3;1H4. The van der Waals surface area contributed by atoms with E-state index in [1.165, 1.54) is 19.3 Å². The van der Waals surface area contributed by atoms with E-state index in [2.05, 4.69) is 38.1 Å². The van der Waals surface area contributed by atoms with Gasteiger partial charge in [0.1, 0.15) is 0 Å². The molecule has 1 aliphatic rings. The van der Waals surface area contributed by atoms with Gasteiger partial charge in [0.15, 0.2) is 0 Å². The molecule has 1 aliphatic carbocycles. The van der Waals surface area contributed by atoms with E-state index in [-0.39, 0.29) is 7.43 Å². The van der Waals surface area contributed by atoms with Crippen molar-refractivity contribution in [3.05, 3.63) is 35.4 Å². The van der Waals surface area contributed by atoms with Crippen LogP contribution in [0.1, 0.15) is 38.8 Å². The average molecular weight is 176 g/mol. The second-order valence-electron chi connectivity index (χ2n) is 4.29. The van der Waals surface area contributed by atoms with Crippen LogP contribution in [-0.2, 0) is 12.8 Å². The van der Waals surface area contributed by atoms with Crippen molar-refractivity contribution in [2.45, 2.75) is 40.5 Å². The van der Waals surface area contributed by atoms with Gasteiger partial charge in [0.2, 0.25) is 0 Å². The van der Waals surface area contributed by atoms with Gasteiger partial charge >= 0.3 is 0 Å². The summed E-state index contributed by atoms with van der Waals surface area (Å²) in [5, 5.41) is 0.